The Morgan fingerprint density at radius 1 is 1.22 bits per heavy atom. The van der Waals surface area contributed by atoms with E-state index in [9.17, 15) is 0 Å². The van der Waals surface area contributed by atoms with Crippen LogP contribution in [0.3, 0.4) is 0 Å². The predicted octanol–water partition coefficient (Wildman–Crippen LogP) is 4.88. The molecule has 0 aliphatic heterocycles. The summed E-state index contributed by atoms with van der Waals surface area (Å²) in [5, 5.41) is 5.64. The molecule has 0 spiro atoms. The van der Waals surface area contributed by atoms with E-state index in [0.29, 0.717) is 23.3 Å². The maximum absolute atomic E-state index is 6.41. The maximum atomic E-state index is 6.41. The van der Waals surface area contributed by atoms with Gasteiger partial charge in [0.05, 0.1) is 11.2 Å². The first-order chi connectivity index (χ1) is 12.5. The lowest BCUT2D eigenvalue weighted by Crippen LogP contribution is -2.34. The number of hydrogen-bond donors (Lipinski definition) is 1. The van der Waals surface area contributed by atoms with Crippen molar-refractivity contribution < 1.29 is 9.26 Å². The summed E-state index contributed by atoms with van der Waals surface area (Å²) >= 11 is 7.37. The van der Waals surface area contributed by atoms with Crippen LogP contribution in [0.1, 0.15) is 42.2 Å². The van der Waals surface area contributed by atoms with Crippen molar-refractivity contribution in [2.45, 2.75) is 44.8 Å². The Labute approximate surface area is 172 Å². The molecule has 0 atom stereocenters. The van der Waals surface area contributed by atoms with Gasteiger partial charge in [-0.15, -0.1) is 23.7 Å². The van der Waals surface area contributed by atoms with Crippen molar-refractivity contribution in [2.24, 2.45) is 5.73 Å². The fraction of sp³-hybridized carbons (Fsp3) is 0.389. The molecule has 2 N–H and O–H groups in total. The number of hydrogen-bond acceptors (Lipinski definition) is 7. The molecule has 1 aromatic carbocycles. The third-order valence-corrected chi connectivity index (χ3v) is 5.95. The number of nitrogens with two attached hydrogens (primary N) is 1. The van der Waals surface area contributed by atoms with Gasteiger partial charge < -0.3 is 15.0 Å². The molecule has 1 aliphatic carbocycles. The average molecular weight is 427 g/mol. The molecule has 0 unspecified atom stereocenters. The Balaban J connectivity index is 0.00000210. The highest BCUT2D eigenvalue weighted by molar-refractivity contribution is 7.15. The number of aromatic nitrogens is 3. The molecule has 0 saturated heterocycles. The van der Waals surface area contributed by atoms with Crippen LogP contribution < -0.4 is 10.5 Å². The van der Waals surface area contributed by atoms with Crippen LogP contribution in [0.15, 0.2) is 28.8 Å². The zero-order valence-electron chi connectivity index (χ0n) is 14.8. The molecule has 144 valence electrons. The number of thiazole rings is 1. The van der Waals surface area contributed by atoms with Gasteiger partial charge in [0.1, 0.15) is 22.2 Å². The molecule has 9 heteroatoms. The van der Waals surface area contributed by atoms with Gasteiger partial charge in [0, 0.05) is 5.02 Å². The lowest BCUT2D eigenvalue weighted by atomic mass is 9.99. The Morgan fingerprint density at radius 2 is 1.93 bits per heavy atom. The van der Waals surface area contributed by atoms with Crippen LogP contribution in [0.25, 0.3) is 10.8 Å². The molecule has 3 aromatic rings. The van der Waals surface area contributed by atoms with Gasteiger partial charge in [-0.05, 0) is 44.0 Å². The molecule has 1 aliphatic rings. The summed E-state index contributed by atoms with van der Waals surface area (Å²) in [5.74, 6) is 1.82. The maximum Gasteiger partial charge on any atom is 0.269 e. The van der Waals surface area contributed by atoms with Crippen LogP contribution in [0.4, 0.5) is 0 Å². The summed E-state index contributed by atoms with van der Waals surface area (Å²) < 4.78 is 11.2. The normalized spacial score (nSPS) is 15.5. The second-order valence-corrected chi connectivity index (χ2v) is 8.07. The summed E-state index contributed by atoms with van der Waals surface area (Å²) in [6, 6.07) is 7.24. The van der Waals surface area contributed by atoms with Crippen molar-refractivity contribution >= 4 is 35.3 Å². The van der Waals surface area contributed by atoms with Gasteiger partial charge in [-0.25, -0.2) is 4.98 Å². The van der Waals surface area contributed by atoms with Crippen molar-refractivity contribution in [1.29, 1.82) is 0 Å². The molecule has 4 rings (SSSR count). The van der Waals surface area contributed by atoms with Crippen LogP contribution in [0.5, 0.6) is 5.75 Å². The summed E-state index contributed by atoms with van der Waals surface area (Å²) in [4.78, 5) is 9.96. The second kappa shape index (κ2) is 8.14. The molecule has 0 radical (unpaired) electrons. The van der Waals surface area contributed by atoms with E-state index in [2.05, 4.69) is 15.1 Å². The van der Waals surface area contributed by atoms with Crippen molar-refractivity contribution in [2.75, 3.05) is 0 Å². The fourth-order valence-corrected chi connectivity index (χ4v) is 4.16. The molecule has 27 heavy (non-hydrogen) atoms. The number of ether oxygens (including phenoxy) is 1. The first-order valence-electron chi connectivity index (χ1n) is 8.52. The fourth-order valence-electron chi connectivity index (χ4n) is 3.14. The Morgan fingerprint density at radius 3 is 2.63 bits per heavy atom. The molecule has 0 bridgehead atoms. The van der Waals surface area contributed by atoms with E-state index in [-0.39, 0.29) is 12.4 Å². The molecule has 1 saturated carbocycles. The highest BCUT2D eigenvalue weighted by atomic mass is 35.5. The molecule has 6 nitrogen and oxygen atoms in total. The lowest BCUT2D eigenvalue weighted by molar-refractivity contribution is 0.305. The van der Waals surface area contributed by atoms with Crippen LogP contribution >= 0.6 is 35.3 Å². The number of nitrogens with zero attached hydrogens (tertiary/aromatic N) is 3. The van der Waals surface area contributed by atoms with Crippen LogP contribution in [-0.2, 0) is 12.1 Å². The third kappa shape index (κ3) is 4.27. The standard InChI is InChI=1S/C18H19ClN4O2S.ClH/c1-11-15(16-22-17(23-25-16)18(20)8-2-3-9-18)26-14(21-11)10-24-13-6-4-12(19)5-7-13;/h4-7H,2-3,8-10,20H2,1H3;1H. The van der Waals surface area contributed by atoms with Crippen molar-refractivity contribution in [3.05, 3.63) is 45.8 Å². The molecular formula is C18H20Cl2N4O2S. The smallest absolute Gasteiger partial charge is 0.269 e. The van der Waals surface area contributed by atoms with Crippen molar-refractivity contribution in [3.8, 4) is 16.5 Å². The van der Waals surface area contributed by atoms with Crippen molar-refractivity contribution in [1.82, 2.24) is 15.1 Å². The minimum absolute atomic E-state index is 0. The van der Waals surface area contributed by atoms with E-state index in [0.717, 1.165) is 47.0 Å². The summed E-state index contributed by atoms with van der Waals surface area (Å²) in [6.07, 6.45) is 4.00. The van der Waals surface area contributed by atoms with Gasteiger partial charge in [-0.1, -0.05) is 29.6 Å². The van der Waals surface area contributed by atoms with Gasteiger partial charge in [0.15, 0.2) is 5.82 Å². The SMILES string of the molecule is Cc1nc(COc2ccc(Cl)cc2)sc1-c1nc(C2(N)CCCC2)no1.Cl. The number of benzene rings is 1. The van der Waals surface area contributed by atoms with Gasteiger partial charge in [0.25, 0.3) is 5.89 Å². The van der Waals surface area contributed by atoms with Gasteiger partial charge in [-0.3, -0.25) is 0 Å². The van der Waals surface area contributed by atoms with Gasteiger partial charge in [0.2, 0.25) is 0 Å². The average Bonchev–Trinajstić information content (AvgIpc) is 3.34. The molecular weight excluding hydrogens is 407 g/mol. The first-order valence-corrected chi connectivity index (χ1v) is 9.71. The second-order valence-electron chi connectivity index (χ2n) is 6.55. The highest BCUT2D eigenvalue weighted by Crippen LogP contribution is 2.36. The van der Waals surface area contributed by atoms with E-state index < -0.39 is 5.54 Å². The minimum atomic E-state index is -0.457. The van der Waals surface area contributed by atoms with Crippen LogP contribution in [0, 0.1) is 6.92 Å². The van der Waals surface area contributed by atoms with E-state index in [1.165, 1.54) is 11.3 Å². The Bertz CT molecular complexity index is 904. The van der Waals surface area contributed by atoms with E-state index in [1.807, 2.05) is 19.1 Å². The van der Waals surface area contributed by atoms with E-state index >= 15 is 0 Å². The topological polar surface area (TPSA) is 87.1 Å². The molecule has 2 heterocycles. The van der Waals surface area contributed by atoms with Crippen LogP contribution in [0.2, 0.25) is 5.02 Å². The number of aryl methyl sites for hydroxylation is 1. The largest absolute Gasteiger partial charge is 0.486 e. The quantitative estimate of drug-likeness (QED) is 0.624. The Kier molecular flexibility index (Phi) is 6.05. The summed E-state index contributed by atoms with van der Waals surface area (Å²) in [7, 11) is 0. The highest BCUT2D eigenvalue weighted by Gasteiger charge is 2.36. The van der Waals surface area contributed by atoms with E-state index in [1.54, 1.807) is 12.1 Å². The molecule has 0 amide bonds. The molecule has 2 aromatic heterocycles. The monoisotopic (exact) mass is 426 g/mol. The zero-order valence-corrected chi connectivity index (χ0v) is 17.2. The lowest BCUT2D eigenvalue weighted by Gasteiger charge is -2.17. The van der Waals surface area contributed by atoms with Crippen molar-refractivity contribution in [3.63, 3.8) is 0 Å². The summed E-state index contributed by atoms with van der Waals surface area (Å²) in [5.41, 5.74) is 6.80. The van der Waals surface area contributed by atoms with Gasteiger partial charge >= 0.3 is 0 Å². The molecule has 1 fully saturated rings. The number of halogens is 2. The third-order valence-electron chi connectivity index (χ3n) is 4.58. The first kappa shape index (κ1) is 20.1. The Hall–Kier alpha value is -1.67. The van der Waals surface area contributed by atoms with E-state index in [4.69, 9.17) is 26.6 Å². The predicted molar refractivity (Wildman–Crippen MR) is 108 cm³/mol. The summed E-state index contributed by atoms with van der Waals surface area (Å²) in [6.45, 7) is 2.30. The number of rotatable bonds is 5. The minimum Gasteiger partial charge on any atom is -0.486 e. The van der Waals surface area contributed by atoms with Gasteiger partial charge in [-0.2, -0.15) is 4.98 Å². The zero-order chi connectivity index (χ0) is 18.1. The van der Waals surface area contributed by atoms with Crippen LogP contribution in [-0.4, -0.2) is 15.1 Å².